The Morgan fingerprint density at radius 1 is 1.41 bits per heavy atom. The highest BCUT2D eigenvalue weighted by Crippen LogP contribution is 2.18. The van der Waals surface area contributed by atoms with Crippen LogP contribution >= 0.6 is 11.3 Å². The van der Waals surface area contributed by atoms with E-state index in [9.17, 15) is 4.39 Å². The van der Waals surface area contributed by atoms with Crippen LogP contribution in [0.1, 0.15) is 5.69 Å². The summed E-state index contributed by atoms with van der Waals surface area (Å²) in [6.07, 6.45) is 0.762. The van der Waals surface area contributed by atoms with Gasteiger partial charge in [0.1, 0.15) is 5.82 Å². The van der Waals surface area contributed by atoms with Gasteiger partial charge in [-0.05, 0) is 12.1 Å². The Hall–Kier alpha value is -1.62. The molecule has 3 nitrogen and oxygen atoms in total. The van der Waals surface area contributed by atoms with Crippen LogP contribution < -0.4 is 10.6 Å². The van der Waals surface area contributed by atoms with Gasteiger partial charge in [0.2, 0.25) is 0 Å². The Morgan fingerprint density at radius 2 is 2.18 bits per heavy atom. The molecule has 0 amide bonds. The number of halogens is 1. The van der Waals surface area contributed by atoms with Crippen LogP contribution in [-0.2, 0) is 6.42 Å². The van der Waals surface area contributed by atoms with E-state index in [4.69, 9.17) is 5.73 Å². The van der Waals surface area contributed by atoms with E-state index in [1.54, 1.807) is 12.1 Å². The number of para-hydroxylation sites is 1. The molecule has 17 heavy (non-hydrogen) atoms. The van der Waals surface area contributed by atoms with E-state index >= 15 is 0 Å². The van der Waals surface area contributed by atoms with Gasteiger partial charge in [-0.2, -0.15) is 0 Å². The predicted molar refractivity (Wildman–Crippen MR) is 69.9 cm³/mol. The maximum absolute atomic E-state index is 13.5. The Kier molecular flexibility index (Phi) is 3.58. The number of thiazole rings is 1. The van der Waals surface area contributed by atoms with Crippen molar-refractivity contribution >= 4 is 22.2 Å². The second-order valence-corrected chi connectivity index (χ2v) is 4.69. The Morgan fingerprint density at radius 3 is 2.82 bits per heavy atom. The van der Waals surface area contributed by atoms with E-state index in [1.165, 1.54) is 17.4 Å². The first-order chi connectivity index (χ1) is 8.16. The fourth-order valence-corrected chi connectivity index (χ4v) is 2.20. The molecule has 0 aliphatic carbocycles. The van der Waals surface area contributed by atoms with Crippen LogP contribution in [0.15, 0.2) is 29.6 Å². The van der Waals surface area contributed by atoms with Crippen molar-refractivity contribution in [2.75, 3.05) is 24.2 Å². The zero-order chi connectivity index (χ0) is 12.3. The fourth-order valence-electron chi connectivity index (χ4n) is 1.60. The number of nitrogens with two attached hydrogens (primary N) is 1. The summed E-state index contributed by atoms with van der Waals surface area (Å²) in [5.74, 6) is -0.201. The molecule has 0 aliphatic heterocycles. The third-order valence-electron chi connectivity index (χ3n) is 2.54. The molecule has 1 heterocycles. The predicted octanol–water partition coefficient (Wildman–Crippen LogP) is 2.54. The molecule has 0 aliphatic rings. The minimum absolute atomic E-state index is 0.201. The summed E-state index contributed by atoms with van der Waals surface area (Å²) < 4.78 is 13.5. The number of nitrogens with zero attached hydrogens (tertiary/aromatic N) is 2. The number of anilines is 2. The van der Waals surface area contributed by atoms with Gasteiger partial charge in [0, 0.05) is 25.4 Å². The molecule has 0 spiro atoms. The van der Waals surface area contributed by atoms with Crippen LogP contribution in [0, 0.1) is 5.82 Å². The summed E-state index contributed by atoms with van der Waals surface area (Å²) in [6.45, 7) is 0.712. The normalized spacial score (nSPS) is 10.5. The lowest BCUT2D eigenvalue weighted by Gasteiger charge is -2.19. The smallest absolute Gasteiger partial charge is 0.180 e. The monoisotopic (exact) mass is 251 g/mol. The molecule has 90 valence electrons. The van der Waals surface area contributed by atoms with Crippen molar-refractivity contribution in [3.05, 3.63) is 41.2 Å². The molecule has 0 saturated carbocycles. The van der Waals surface area contributed by atoms with Crippen LogP contribution in [0.5, 0.6) is 0 Å². The summed E-state index contributed by atoms with van der Waals surface area (Å²) >= 11 is 1.43. The SMILES string of the molecule is CN(CCc1csc(N)n1)c1ccccc1F. The Labute approximate surface area is 104 Å². The number of benzene rings is 1. The van der Waals surface area contributed by atoms with Gasteiger partial charge in [-0.1, -0.05) is 12.1 Å². The van der Waals surface area contributed by atoms with Gasteiger partial charge in [0.25, 0.3) is 0 Å². The average molecular weight is 251 g/mol. The molecule has 2 aromatic rings. The van der Waals surface area contributed by atoms with Crippen LogP contribution in [-0.4, -0.2) is 18.6 Å². The lowest BCUT2D eigenvalue weighted by atomic mass is 10.2. The van der Waals surface area contributed by atoms with Crippen molar-refractivity contribution in [3.63, 3.8) is 0 Å². The second-order valence-electron chi connectivity index (χ2n) is 3.80. The van der Waals surface area contributed by atoms with E-state index in [2.05, 4.69) is 4.98 Å². The quantitative estimate of drug-likeness (QED) is 0.908. The van der Waals surface area contributed by atoms with Crippen LogP contribution in [0.25, 0.3) is 0 Å². The average Bonchev–Trinajstić information content (AvgIpc) is 2.73. The first kappa shape index (κ1) is 11.9. The lowest BCUT2D eigenvalue weighted by Crippen LogP contribution is -2.21. The highest BCUT2D eigenvalue weighted by atomic mass is 32.1. The van der Waals surface area contributed by atoms with Crippen molar-refractivity contribution in [2.24, 2.45) is 0 Å². The van der Waals surface area contributed by atoms with E-state index in [0.717, 1.165) is 12.1 Å². The van der Waals surface area contributed by atoms with E-state index in [-0.39, 0.29) is 5.82 Å². The molecule has 0 atom stereocenters. The van der Waals surface area contributed by atoms with Crippen LogP contribution in [0.4, 0.5) is 15.2 Å². The molecule has 0 radical (unpaired) electrons. The summed E-state index contributed by atoms with van der Waals surface area (Å²) in [5, 5.41) is 2.51. The number of nitrogen functional groups attached to an aromatic ring is 1. The summed E-state index contributed by atoms with van der Waals surface area (Å²) in [7, 11) is 1.87. The fraction of sp³-hybridized carbons (Fsp3) is 0.250. The number of hydrogen-bond donors (Lipinski definition) is 1. The van der Waals surface area contributed by atoms with Gasteiger partial charge in [0.05, 0.1) is 11.4 Å². The summed E-state index contributed by atoms with van der Waals surface area (Å²) in [6, 6.07) is 6.75. The molecule has 0 bridgehead atoms. The second kappa shape index (κ2) is 5.14. The molecule has 2 N–H and O–H groups in total. The zero-order valence-electron chi connectivity index (χ0n) is 9.56. The third kappa shape index (κ3) is 2.94. The van der Waals surface area contributed by atoms with Gasteiger partial charge >= 0.3 is 0 Å². The Balaban J connectivity index is 1.98. The largest absolute Gasteiger partial charge is 0.375 e. The topological polar surface area (TPSA) is 42.1 Å². The van der Waals surface area contributed by atoms with Crippen LogP contribution in [0.2, 0.25) is 0 Å². The van der Waals surface area contributed by atoms with Gasteiger partial charge in [-0.25, -0.2) is 9.37 Å². The highest BCUT2D eigenvalue weighted by Gasteiger charge is 2.07. The van der Waals surface area contributed by atoms with Crippen molar-refractivity contribution in [2.45, 2.75) is 6.42 Å². The molecule has 1 aromatic heterocycles. The molecule has 1 aromatic carbocycles. The van der Waals surface area contributed by atoms with Crippen molar-refractivity contribution in [1.82, 2.24) is 4.98 Å². The van der Waals surface area contributed by atoms with E-state index in [0.29, 0.717) is 17.4 Å². The molecule has 0 saturated heterocycles. The minimum atomic E-state index is -0.201. The maximum atomic E-state index is 13.5. The molecule has 2 rings (SSSR count). The van der Waals surface area contributed by atoms with Crippen molar-refractivity contribution < 1.29 is 4.39 Å². The van der Waals surface area contributed by atoms with Gasteiger partial charge in [-0.15, -0.1) is 11.3 Å². The zero-order valence-corrected chi connectivity index (χ0v) is 10.4. The number of aromatic nitrogens is 1. The van der Waals surface area contributed by atoms with Crippen molar-refractivity contribution in [3.8, 4) is 0 Å². The Bertz CT molecular complexity index is 498. The number of rotatable bonds is 4. The summed E-state index contributed by atoms with van der Waals surface area (Å²) in [5.41, 5.74) is 7.12. The molecule has 0 fully saturated rings. The third-order valence-corrected chi connectivity index (χ3v) is 3.26. The summed E-state index contributed by atoms with van der Waals surface area (Å²) in [4.78, 5) is 6.05. The standard InChI is InChI=1S/C12H14FN3S/c1-16(11-5-3-2-4-10(11)13)7-6-9-8-17-12(14)15-9/h2-5,8H,6-7H2,1H3,(H2,14,15). The maximum Gasteiger partial charge on any atom is 0.180 e. The van der Waals surface area contributed by atoms with Crippen LogP contribution in [0.3, 0.4) is 0 Å². The van der Waals surface area contributed by atoms with Crippen molar-refractivity contribution in [1.29, 1.82) is 0 Å². The number of hydrogen-bond acceptors (Lipinski definition) is 4. The molecule has 0 unspecified atom stereocenters. The molecular formula is C12H14FN3S. The van der Waals surface area contributed by atoms with Gasteiger partial charge in [0.15, 0.2) is 5.13 Å². The number of likely N-dealkylation sites (N-methyl/N-ethyl adjacent to an activating group) is 1. The minimum Gasteiger partial charge on any atom is -0.375 e. The molecule has 5 heteroatoms. The first-order valence-electron chi connectivity index (χ1n) is 5.32. The lowest BCUT2D eigenvalue weighted by molar-refractivity contribution is 0.622. The molecular weight excluding hydrogens is 237 g/mol. The van der Waals surface area contributed by atoms with E-state index < -0.39 is 0 Å². The highest BCUT2D eigenvalue weighted by molar-refractivity contribution is 7.13. The first-order valence-corrected chi connectivity index (χ1v) is 6.20. The van der Waals surface area contributed by atoms with Gasteiger partial charge < -0.3 is 10.6 Å². The van der Waals surface area contributed by atoms with E-state index in [1.807, 2.05) is 23.4 Å². The van der Waals surface area contributed by atoms with Gasteiger partial charge in [-0.3, -0.25) is 0 Å².